The molecule has 5 nitrogen and oxygen atoms in total. The van der Waals surface area contributed by atoms with Crippen LogP contribution >= 0.6 is 0 Å². The molecule has 2 aromatic carbocycles. The van der Waals surface area contributed by atoms with E-state index >= 15 is 0 Å². The van der Waals surface area contributed by atoms with Gasteiger partial charge in [-0.25, -0.2) is 13.8 Å². The van der Waals surface area contributed by atoms with Crippen molar-refractivity contribution in [2.75, 3.05) is 0 Å². The lowest BCUT2D eigenvalue weighted by Gasteiger charge is -2.69. The first-order valence-electron chi connectivity index (χ1n) is 12.1. The Morgan fingerprint density at radius 1 is 1.12 bits per heavy atom. The van der Waals surface area contributed by atoms with E-state index in [2.05, 4.69) is 40.0 Å². The second-order valence-corrected chi connectivity index (χ2v) is 11.0. The van der Waals surface area contributed by atoms with Crippen LogP contribution in [0.25, 0.3) is 10.9 Å². The van der Waals surface area contributed by atoms with Gasteiger partial charge in [-0.2, -0.15) is 10.2 Å². The van der Waals surface area contributed by atoms with Gasteiger partial charge in [0.05, 0.1) is 23.2 Å². The first-order valence-corrected chi connectivity index (χ1v) is 12.1. The molecule has 1 amide bonds. The summed E-state index contributed by atoms with van der Waals surface area (Å²) in [6.07, 6.45) is 8.19. The van der Waals surface area contributed by atoms with Crippen LogP contribution in [-0.2, 0) is 11.3 Å². The number of nitrogens with zero attached hydrogens (tertiary/aromatic N) is 4. The number of aryl methyl sites for hydroxylation is 1. The van der Waals surface area contributed by atoms with Crippen LogP contribution in [0.2, 0.25) is 0 Å². The molecule has 5 aliphatic rings. The maximum atomic E-state index is 14.7. The topological polar surface area (TPSA) is 50.5 Å². The molecule has 1 unspecified atom stereocenters. The third-order valence-corrected chi connectivity index (χ3v) is 8.39. The van der Waals surface area contributed by atoms with Gasteiger partial charge in [0.25, 0.3) is 0 Å². The van der Waals surface area contributed by atoms with Crippen LogP contribution in [0.1, 0.15) is 67.2 Å². The Balaban J connectivity index is 1.08. The molecule has 1 atom stereocenters. The molecule has 7 heteroatoms. The fraction of sp³-hybridized carbons (Fsp3) is 0.444. The van der Waals surface area contributed by atoms with Crippen LogP contribution < -0.4 is 0 Å². The summed E-state index contributed by atoms with van der Waals surface area (Å²) in [5.74, 6) is -1.01. The quantitative estimate of drug-likeness (QED) is 0.496. The summed E-state index contributed by atoms with van der Waals surface area (Å²) in [4.78, 5) is 13.5. The molecule has 0 saturated heterocycles. The molecule has 1 aromatic heterocycles. The molecule has 0 spiro atoms. The molecule has 2 heterocycles. The summed E-state index contributed by atoms with van der Waals surface area (Å²) >= 11 is 0. The Morgan fingerprint density at radius 3 is 2.56 bits per heavy atom. The van der Waals surface area contributed by atoms with Crippen molar-refractivity contribution >= 4 is 23.0 Å². The largest absolute Gasteiger partial charge is 0.272 e. The minimum absolute atomic E-state index is 0.000455. The molecule has 34 heavy (non-hydrogen) atoms. The summed E-state index contributed by atoms with van der Waals surface area (Å²) in [5.41, 5.74) is 2.73. The molecule has 3 aromatic rings. The van der Waals surface area contributed by atoms with Crippen LogP contribution in [0.4, 0.5) is 8.78 Å². The van der Waals surface area contributed by atoms with E-state index in [1.54, 1.807) is 6.21 Å². The number of carbonyl (C=O) groups is 1. The second kappa shape index (κ2) is 6.74. The summed E-state index contributed by atoms with van der Waals surface area (Å²) in [6, 6.07) is 8.73. The molecule has 4 saturated carbocycles. The number of hydrogen-bond donors (Lipinski definition) is 0. The number of benzene rings is 2. The average Bonchev–Trinajstić information content (AvgIpc) is 3.30. The van der Waals surface area contributed by atoms with E-state index < -0.39 is 23.1 Å². The van der Waals surface area contributed by atoms with E-state index in [1.165, 1.54) is 22.7 Å². The number of aromatic nitrogens is 2. The molecular weight excluding hydrogens is 434 g/mol. The number of carbonyl (C=O) groups excluding carboxylic acids is 1. The Morgan fingerprint density at radius 2 is 1.85 bits per heavy atom. The van der Waals surface area contributed by atoms with E-state index in [9.17, 15) is 13.6 Å². The van der Waals surface area contributed by atoms with Crippen molar-refractivity contribution in [2.24, 2.45) is 15.9 Å². The fourth-order valence-corrected chi connectivity index (χ4v) is 6.73. The molecule has 174 valence electrons. The lowest BCUT2D eigenvalue weighted by atomic mass is 9.34. The van der Waals surface area contributed by atoms with Crippen molar-refractivity contribution in [3.05, 3.63) is 64.9 Å². The van der Waals surface area contributed by atoms with Crippen LogP contribution in [0.5, 0.6) is 0 Å². The highest BCUT2D eigenvalue weighted by atomic mass is 19.1. The van der Waals surface area contributed by atoms with Crippen molar-refractivity contribution in [1.82, 2.24) is 14.8 Å². The number of halogens is 2. The molecule has 1 aliphatic heterocycles. The van der Waals surface area contributed by atoms with Crippen molar-refractivity contribution < 1.29 is 13.6 Å². The minimum Gasteiger partial charge on any atom is -0.272 e. The van der Waals surface area contributed by atoms with Crippen LogP contribution in [0.3, 0.4) is 0 Å². The van der Waals surface area contributed by atoms with Gasteiger partial charge in [0.2, 0.25) is 5.91 Å². The normalized spacial score (nSPS) is 29.4. The van der Waals surface area contributed by atoms with Crippen molar-refractivity contribution in [1.29, 1.82) is 0 Å². The highest BCUT2D eigenvalue weighted by molar-refractivity contribution is 5.88. The predicted molar refractivity (Wildman–Crippen MR) is 124 cm³/mol. The summed E-state index contributed by atoms with van der Waals surface area (Å²) in [6.45, 7) is 2.88. The Labute approximate surface area is 196 Å². The summed E-state index contributed by atoms with van der Waals surface area (Å²) in [7, 11) is 0. The molecule has 4 aliphatic carbocycles. The van der Waals surface area contributed by atoms with Crippen LogP contribution in [-0.4, -0.2) is 26.9 Å². The number of hydrogen-bond acceptors (Lipinski definition) is 3. The highest BCUT2D eigenvalue weighted by Gasteiger charge is 2.72. The SMILES string of the molecule is Cc1ccc2c(cnn2CC23CC(C(=O)N4N=CCC4c4cc(F)c(C5CC5)c(F)c4)(C2)C3)c1. The lowest BCUT2D eigenvalue weighted by Crippen LogP contribution is -2.68. The number of hydrazone groups is 1. The smallest absolute Gasteiger partial charge is 0.249 e. The zero-order valence-electron chi connectivity index (χ0n) is 19.1. The third kappa shape index (κ3) is 2.85. The van der Waals surface area contributed by atoms with E-state index in [1.807, 2.05) is 6.20 Å². The Hall–Kier alpha value is -3.09. The first-order chi connectivity index (χ1) is 16.4. The minimum atomic E-state index is -0.497. The standard InChI is InChI=1S/C27H26F2N4O/c1-16-2-5-22-19(8-16)11-31-32(22)15-26-12-27(13-26,14-26)25(34)33-23(6-7-30-33)18-9-20(28)24(17-3-4-17)21(29)10-18/h2,5,7-11,17,23H,3-4,6,12-15H2,1H3. The van der Waals surface area contributed by atoms with Gasteiger partial charge in [-0.1, -0.05) is 11.6 Å². The van der Waals surface area contributed by atoms with Gasteiger partial charge in [0.1, 0.15) is 11.6 Å². The number of amides is 1. The maximum Gasteiger partial charge on any atom is 0.249 e. The zero-order chi connectivity index (χ0) is 23.2. The molecule has 0 radical (unpaired) electrons. The number of fused-ring (bicyclic) bond motifs is 1. The Kier molecular flexibility index (Phi) is 4.02. The molecule has 8 rings (SSSR count). The van der Waals surface area contributed by atoms with Gasteiger partial charge >= 0.3 is 0 Å². The van der Waals surface area contributed by atoms with Crippen LogP contribution in [0.15, 0.2) is 41.6 Å². The Bertz CT molecular complexity index is 1350. The molecule has 0 N–H and O–H groups in total. The van der Waals surface area contributed by atoms with Gasteiger partial charge < -0.3 is 0 Å². The van der Waals surface area contributed by atoms with Gasteiger partial charge in [-0.3, -0.25) is 9.48 Å². The van der Waals surface area contributed by atoms with E-state index in [0.29, 0.717) is 12.0 Å². The summed E-state index contributed by atoms with van der Waals surface area (Å²) in [5, 5.41) is 11.6. The second-order valence-electron chi connectivity index (χ2n) is 11.0. The third-order valence-electron chi connectivity index (χ3n) is 8.39. The highest BCUT2D eigenvalue weighted by Crippen LogP contribution is 2.74. The molecular formula is C27H26F2N4O. The van der Waals surface area contributed by atoms with Crippen molar-refractivity contribution in [2.45, 2.75) is 64.0 Å². The van der Waals surface area contributed by atoms with Crippen LogP contribution in [0, 0.1) is 29.4 Å². The van der Waals surface area contributed by atoms with Gasteiger partial charge in [-0.05, 0) is 80.2 Å². The molecule has 2 bridgehead atoms. The fourth-order valence-electron chi connectivity index (χ4n) is 6.73. The van der Waals surface area contributed by atoms with Crippen molar-refractivity contribution in [3.8, 4) is 0 Å². The van der Waals surface area contributed by atoms with E-state index in [-0.39, 0.29) is 22.8 Å². The number of rotatable bonds is 5. The first kappa shape index (κ1) is 20.3. The molecule has 4 fully saturated rings. The van der Waals surface area contributed by atoms with E-state index in [0.717, 1.165) is 49.6 Å². The zero-order valence-corrected chi connectivity index (χ0v) is 19.1. The lowest BCUT2D eigenvalue weighted by molar-refractivity contribution is -0.223. The van der Waals surface area contributed by atoms with Gasteiger partial charge in [0, 0.05) is 30.1 Å². The summed E-state index contributed by atoms with van der Waals surface area (Å²) < 4.78 is 31.4. The average molecular weight is 461 g/mol. The van der Waals surface area contributed by atoms with Crippen molar-refractivity contribution in [3.63, 3.8) is 0 Å². The van der Waals surface area contributed by atoms with Gasteiger partial charge in [0.15, 0.2) is 0 Å². The van der Waals surface area contributed by atoms with Gasteiger partial charge in [-0.15, -0.1) is 0 Å². The monoisotopic (exact) mass is 460 g/mol. The maximum absolute atomic E-state index is 14.7. The van der Waals surface area contributed by atoms with E-state index in [4.69, 9.17) is 0 Å². The predicted octanol–water partition coefficient (Wildman–Crippen LogP) is 5.63.